The molecule has 1 fully saturated rings. The largest absolute Gasteiger partial charge is 0.329 e. The number of aromatic nitrogens is 3. The number of carbonyl (C=O) groups excluding carboxylic acids is 1. The number of rotatable bonds is 4. The van der Waals surface area contributed by atoms with Crippen molar-refractivity contribution in [3.8, 4) is 11.1 Å². The lowest BCUT2D eigenvalue weighted by atomic mass is 10.0. The van der Waals surface area contributed by atoms with Crippen LogP contribution in [0, 0.1) is 6.92 Å². The van der Waals surface area contributed by atoms with Crippen LogP contribution in [0.15, 0.2) is 42.5 Å². The maximum Gasteiger partial charge on any atom is 0.268 e. The Balaban J connectivity index is 1.68. The van der Waals surface area contributed by atoms with Crippen LogP contribution in [0.5, 0.6) is 0 Å². The summed E-state index contributed by atoms with van der Waals surface area (Å²) in [4.78, 5) is 20.5. The Kier molecular flexibility index (Phi) is 4.99. The molecule has 3 heterocycles. The van der Waals surface area contributed by atoms with Gasteiger partial charge in [-0.05, 0) is 61.0 Å². The number of likely N-dealkylation sites (tertiary alicyclic amines) is 1. The van der Waals surface area contributed by atoms with Gasteiger partial charge < -0.3 is 4.90 Å². The molecule has 0 unspecified atom stereocenters. The number of hydrogen-bond acceptors (Lipinski definition) is 5. The van der Waals surface area contributed by atoms with E-state index in [1.165, 1.54) is 17.1 Å². The molecule has 0 radical (unpaired) electrons. The summed E-state index contributed by atoms with van der Waals surface area (Å²) in [6, 6.07) is 14.5. The van der Waals surface area contributed by atoms with Crippen LogP contribution >= 0.6 is 11.5 Å². The van der Waals surface area contributed by atoms with Gasteiger partial charge in [0, 0.05) is 12.2 Å². The Morgan fingerprint density at radius 3 is 2.81 bits per heavy atom. The van der Waals surface area contributed by atoms with Gasteiger partial charge >= 0.3 is 0 Å². The van der Waals surface area contributed by atoms with Crippen molar-refractivity contribution < 1.29 is 4.79 Å². The highest BCUT2D eigenvalue weighted by Crippen LogP contribution is 2.35. The minimum absolute atomic E-state index is 0.00617. The summed E-state index contributed by atoms with van der Waals surface area (Å²) < 4.78 is 3.98. The second kappa shape index (κ2) is 7.56. The molecule has 1 atom stereocenters. The first-order valence-electron chi connectivity index (χ1n) is 9.33. The predicted octanol–water partition coefficient (Wildman–Crippen LogP) is 4.45. The first-order valence-corrected chi connectivity index (χ1v) is 10.1. The maximum atomic E-state index is 13.1. The van der Waals surface area contributed by atoms with Gasteiger partial charge in [0.05, 0.1) is 17.4 Å². The Morgan fingerprint density at radius 2 is 2.04 bits per heavy atom. The zero-order chi connectivity index (χ0) is 18.8. The van der Waals surface area contributed by atoms with E-state index in [-0.39, 0.29) is 11.9 Å². The first kappa shape index (κ1) is 17.8. The fourth-order valence-electron chi connectivity index (χ4n) is 3.71. The van der Waals surface area contributed by atoms with Gasteiger partial charge in [-0.3, -0.25) is 9.78 Å². The van der Waals surface area contributed by atoms with Crippen LogP contribution in [0.2, 0.25) is 0 Å². The van der Waals surface area contributed by atoms with Crippen LogP contribution < -0.4 is 0 Å². The molecular weight excluding hydrogens is 356 g/mol. The molecule has 0 saturated carbocycles. The van der Waals surface area contributed by atoms with Crippen LogP contribution in [0.3, 0.4) is 0 Å². The topological polar surface area (TPSA) is 59.0 Å². The zero-order valence-corrected chi connectivity index (χ0v) is 16.4. The van der Waals surface area contributed by atoms with Crippen LogP contribution in [-0.4, -0.2) is 31.9 Å². The summed E-state index contributed by atoms with van der Waals surface area (Å²) in [5.41, 5.74) is 5.04. The summed E-state index contributed by atoms with van der Waals surface area (Å²) in [5, 5.41) is 4.10. The van der Waals surface area contributed by atoms with E-state index in [2.05, 4.69) is 33.9 Å². The summed E-state index contributed by atoms with van der Waals surface area (Å²) in [6.45, 7) is 4.77. The molecule has 2 aromatic heterocycles. The molecule has 1 aliphatic heterocycles. The van der Waals surface area contributed by atoms with Gasteiger partial charge in [0.1, 0.15) is 4.88 Å². The van der Waals surface area contributed by atoms with E-state index in [0.717, 1.165) is 48.5 Å². The number of pyridine rings is 1. The molecule has 1 amide bonds. The molecule has 1 aliphatic rings. The fraction of sp³-hybridized carbons (Fsp3) is 0.333. The third kappa shape index (κ3) is 3.49. The average molecular weight is 379 g/mol. The highest BCUT2D eigenvalue weighted by molar-refractivity contribution is 7.08. The van der Waals surface area contributed by atoms with Gasteiger partial charge in [-0.2, -0.15) is 0 Å². The van der Waals surface area contributed by atoms with Crippen molar-refractivity contribution in [1.82, 2.24) is 19.5 Å². The van der Waals surface area contributed by atoms with Gasteiger partial charge in [-0.25, -0.2) is 0 Å². The molecule has 4 rings (SSSR count). The van der Waals surface area contributed by atoms with Crippen molar-refractivity contribution in [2.75, 3.05) is 6.54 Å². The second-order valence-electron chi connectivity index (χ2n) is 6.85. The Labute approximate surface area is 163 Å². The lowest BCUT2D eigenvalue weighted by Crippen LogP contribution is -2.31. The lowest BCUT2D eigenvalue weighted by Gasteiger charge is -2.24. The summed E-state index contributed by atoms with van der Waals surface area (Å²) in [7, 11) is 0. The Hall–Kier alpha value is -2.60. The van der Waals surface area contributed by atoms with Crippen molar-refractivity contribution in [2.24, 2.45) is 0 Å². The zero-order valence-electron chi connectivity index (χ0n) is 15.6. The number of hydrogen-bond donors (Lipinski definition) is 0. The van der Waals surface area contributed by atoms with Gasteiger partial charge in [-0.1, -0.05) is 41.7 Å². The molecule has 1 aromatic carbocycles. The molecule has 3 aromatic rings. The van der Waals surface area contributed by atoms with E-state index in [4.69, 9.17) is 4.98 Å². The summed E-state index contributed by atoms with van der Waals surface area (Å²) in [5.74, 6) is 0.0360. The number of aryl methyl sites for hydroxylation is 2. The van der Waals surface area contributed by atoms with E-state index in [9.17, 15) is 4.79 Å². The molecule has 5 nitrogen and oxygen atoms in total. The van der Waals surface area contributed by atoms with Crippen LogP contribution in [-0.2, 0) is 6.42 Å². The van der Waals surface area contributed by atoms with E-state index in [0.29, 0.717) is 4.88 Å². The van der Waals surface area contributed by atoms with E-state index >= 15 is 0 Å². The average Bonchev–Trinajstić information content (AvgIpc) is 3.37. The standard InChI is InChI=1S/C21H22N4OS/c1-3-17-20(27-24-23-17)21(26)25-11-7-10-19(25)18-13-16(12-14(2)22-18)15-8-5-4-6-9-15/h4-6,8-9,12-13,19H,3,7,10-11H2,1-2H3/t19-/m1/s1. The minimum Gasteiger partial charge on any atom is -0.329 e. The lowest BCUT2D eigenvalue weighted by molar-refractivity contribution is 0.0736. The number of nitrogens with zero attached hydrogens (tertiary/aromatic N) is 4. The molecule has 0 N–H and O–H groups in total. The predicted molar refractivity (Wildman–Crippen MR) is 107 cm³/mol. The molecule has 0 spiro atoms. The van der Waals surface area contributed by atoms with Crippen LogP contribution in [0.25, 0.3) is 11.1 Å². The monoisotopic (exact) mass is 378 g/mol. The SMILES string of the molecule is CCc1nnsc1C(=O)N1CCC[C@@H]1c1cc(-c2ccccc2)cc(C)n1. The van der Waals surface area contributed by atoms with E-state index < -0.39 is 0 Å². The molecule has 138 valence electrons. The third-order valence-corrected chi connectivity index (χ3v) is 5.78. The van der Waals surface area contributed by atoms with E-state index in [1.807, 2.05) is 36.9 Å². The first-order chi connectivity index (χ1) is 13.2. The summed E-state index contributed by atoms with van der Waals surface area (Å²) >= 11 is 1.20. The molecule has 0 aliphatic carbocycles. The highest BCUT2D eigenvalue weighted by atomic mass is 32.1. The fourth-order valence-corrected chi connectivity index (χ4v) is 4.42. The van der Waals surface area contributed by atoms with Crippen molar-refractivity contribution in [2.45, 2.75) is 39.2 Å². The number of benzene rings is 1. The molecule has 6 heteroatoms. The molecule has 0 bridgehead atoms. The summed E-state index contributed by atoms with van der Waals surface area (Å²) in [6.07, 6.45) is 2.64. The molecule has 1 saturated heterocycles. The van der Waals surface area contributed by atoms with Crippen LogP contribution in [0.4, 0.5) is 0 Å². The van der Waals surface area contributed by atoms with Gasteiger partial charge in [0.2, 0.25) is 0 Å². The number of carbonyl (C=O) groups is 1. The van der Waals surface area contributed by atoms with Crippen molar-refractivity contribution in [1.29, 1.82) is 0 Å². The highest BCUT2D eigenvalue weighted by Gasteiger charge is 2.33. The van der Waals surface area contributed by atoms with E-state index in [1.54, 1.807) is 0 Å². The second-order valence-corrected chi connectivity index (χ2v) is 7.60. The van der Waals surface area contributed by atoms with Gasteiger partial charge in [0.15, 0.2) is 0 Å². The minimum atomic E-state index is 0.00617. The van der Waals surface area contributed by atoms with Crippen molar-refractivity contribution in [3.05, 3.63) is 64.4 Å². The Morgan fingerprint density at radius 1 is 1.22 bits per heavy atom. The normalized spacial score (nSPS) is 16.7. The molecule has 27 heavy (non-hydrogen) atoms. The van der Waals surface area contributed by atoms with Gasteiger partial charge in [0.25, 0.3) is 5.91 Å². The maximum absolute atomic E-state index is 13.1. The number of amides is 1. The quantitative estimate of drug-likeness (QED) is 0.673. The third-order valence-electron chi connectivity index (χ3n) is 5.02. The van der Waals surface area contributed by atoms with Crippen molar-refractivity contribution in [3.63, 3.8) is 0 Å². The molecular formula is C21H22N4OS. The van der Waals surface area contributed by atoms with Crippen LogP contribution in [0.1, 0.15) is 52.6 Å². The van der Waals surface area contributed by atoms with Gasteiger partial charge in [-0.15, -0.1) is 5.10 Å². The van der Waals surface area contributed by atoms with Crippen molar-refractivity contribution >= 4 is 17.4 Å². The Bertz CT molecular complexity index is 954. The smallest absolute Gasteiger partial charge is 0.268 e.